The van der Waals surface area contributed by atoms with E-state index in [0.717, 1.165) is 0 Å². The first-order valence-electron chi connectivity index (χ1n) is 5.66. The highest BCUT2D eigenvalue weighted by atomic mass is 32.1. The number of thiocarbonyl (C=S) groups is 1. The van der Waals surface area contributed by atoms with Gasteiger partial charge in [-0.2, -0.15) is 5.10 Å². The predicted molar refractivity (Wildman–Crippen MR) is 72.7 cm³/mol. The maximum absolute atomic E-state index is 12.6. The summed E-state index contributed by atoms with van der Waals surface area (Å²) >= 11 is 4.95. The number of aliphatic hydroxyl groups is 1. The van der Waals surface area contributed by atoms with E-state index in [1.165, 1.54) is 4.90 Å². The molecule has 0 amide bonds. The van der Waals surface area contributed by atoms with E-state index in [4.69, 9.17) is 23.1 Å². The zero-order chi connectivity index (χ0) is 14.6. The number of hydrogen-bond donors (Lipinski definition) is 2. The summed E-state index contributed by atoms with van der Waals surface area (Å²) in [7, 11) is 0. The van der Waals surface area contributed by atoms with Gasteiger partial charge in [-0.3, -0.25) is 0 Å². The van der Waals surface area contributed by atoms with Crippen molar-refractivity contribution < 1.29 is 13.9 Å². The second-order valence-corrected chi connectivity index (χ2v) is 4.47. The van der Waals surface area contributed by atoms with E-state index in [1.807, 2.05) is 0 Å². The summed E-state index contributed by atoms with van der Waals surface area (Å²) in [4.78, 5) is 1.31. The van der Waals surface area contributed by atoms with Gasteiger partial charge < -0.3 is 15.7 Å². The number of nitrogens with zero attached hydrogens (tertiary/aromatic N) is 3. The third-order valence-electron chi connectivity index (χ3n) is 2.71. The highest BCUT2D eigenvalue weighted by Gasteiger charge is 2.21. The molecule has 0 atom stereocenters. The monoisotopic (exact) mass is 290 g/mol. The molecule has 3 N–H and O–H groups in total. The molecule has 106 valence electrons. The van der Waals surface area contributed by atoms with E-state index in [2.05, 4.69) is 10.2 Å². The molecule has 0 saturated carbocycles. The van der Waals surface area contributed by atoms with E-state index < -0.39 is 13.0 Å². The molecule has 19 heavy (non-hydrogen) atoms. The van der Waals surface area contributed by atoms with Gasteiger partial charge in [-0.1, -0.05) is 12.2 Å². The SMILES string of the molecule is Cc1nnc(N(CCO)CC(F)F)c(C(N)=S)c1C. The molecule has 0 radical (unpaired) electrons. The first kappa shape index (κ1) is 15.6. The molecular weight excluding hydrogens is 274 g/mol. The molecule has 0 aromatic carbocycles. The number of nitrogens with two attached hydrogens (primary N) is 1. The van der Waals surface area contributed by atoms with Crippen LogP contribution >= 0.6 is 12.2 Å². The highest BCUT2D eigenvalue weighted by molar-refractivity contribution is 7.80. The smallest absolute Gasteiger partial charge is 0.255 e. The Kier molecular flexibility index (Phi) is 5.49. The molecule has 0 fully saturated rings. The van der Waals surface area contributed by atoms with Crippen LogP contribution in [0.4, 0.5) is 14.6 Å². The maximum atomic E-state index is 12.6. The average Bonchev–Trinajstić information content (AvgIpc) is 2.30. The van der Waals surface area contributed by atoms with Crippen LogP contribution in [0.2, 0.25) is 0 Å². The summed E-state index contributed by atoms with van der Waals surface area (Å²) in [5.74, 6) is 0.185. The van der Waals surface area contributed by atoms with Crippen LogP contribution in [0.1, 0.15) is 16.8 Å². The average molecular weight is 290 g/mol. The first-order chi connectivity index (χ1) is 8.88. The lowest BCUT2D eigenvalue weighted by Crippen LogP contribution is -2.35. The largest absolute Gasteiger partial charge is 0.395 e. The number of alkyl halides is 2. The van der Waals surface area contributed by atoms with Crippen molar-refractivity contribution in [2.45, 2.75) is 20.3 Å². The van der Waals surface area contributed by atoms with Crippen LogP contribution < -0.4 is 10.6 Å². The van der Waals surface area contributed by atoms with Gasteiger partial charge in [-0.05, 0) is 19.4 Å². The Morgan fingerprint density at radius 2 is 2.05 bits per heavy atom. The molecule has 0 bridgehead atoms. The van der Waals surface area contributed by atoms with Gasteiger partial charge in [-0.25, -0.2) is 8.78 Å². The minimum Gasteiger partial charge on any atom is -0.395 e. The van der Waals surface area contributed by atoms with Gasteiger partial charge in [0.15, 0.2) is 5.82 Å². The molecule has 1 aromatic rings. The van der Waals surface area contributed by atoms with E-state index in [1.54, 1.807) is 13.8 Å². The molecule has 0 aliphatic rings. The van der Waals surface area contributed by atoms with Crippen molar-refractivity contribution >= 4 is 23.0 Å². The van der Waals surface area contributed by atoms with E-state index in [9.17, 15) is 8.78 Å². The lowest BCUT2D eigenvalue weighted by Gasteiger charge is -2.25. The Bertz CT molecular complexity index is 470. The second-order valence-electron chi connectivity index (χ2n) is 4.03. The van der Waals surface area contributed by atoms with Crippen LogP contribution in [0.3, 0.4) is 0 Å². The van der Waals surface area contributed by atoms with Crippen molar-refractivity contribution in [3.8, 4) is 0 Å². The Morgan fingerprint density at radius 3 is 2.53 bits per heavy atom. The topological polar surface area (TPSA) is 75.3 Å². The molecule has 1 heterocycles. The maximum Gasteiger partial charge on any atom is 0.255 e. The normalized spacial score (nSPS) is 10.8. The summed E-state index contributed by atoms with van der Waals surface area (Å²) in [6.45, 7) is 2.65. The number of halogens is 2. The minimum atomic E-state index is -2.56. The van der Waals surface area contributed by atoms with Gasteiger partial charge in [0.1, 0.15) is 4.99 Å². The third kappa shape index (κ3) is 3.77. The summed E-state index contributed by atoms with van der Waals surface area (Å²) in [6.07, 6.45) is -2.56. The van der Waals surface area contributed by atoms with Gasteiger partial charge in [0.2, 0.25) is 0 Å². The standard InChI is InChI=1S/C11H16F2N4OS/c1-6-7(2)15-16-11(9(6)10(14)19)17(3-4-18)5-8(12)13/h8,18H,3-5H2,1-2H3,(H2,14,19). The van der Waals surface area contributed by atoms with Gasteiger partial charge in [0.05, 0.1) is 24.4 Å². The van der Waals surface area contributed by atoms with Crippen molar-refractivity contribution in [2.24, 2.45) is 5.73 Å². The van der Waals surface area contributed by atoms with Crippen molar-refractivity contribution in [2.75, 3.05) is 24.6 Å². The molecule has 1 rings (SSSR count). The number of hydrogen-bond acceptors (Lipinski definition) is 5. The van der Waals surface area contributed by atoms with Gasteiger partial charge in [-0.15, -0.1) is 5.10 Å². The summed E-state index contributed by atoms with van der Waals surface area (Å²) < 4.78 is 25.1. The Balaban J connectivity index is 3.29. The molecule has 0 aliphatic heterocycles. The summed E-state index contributed by atoms with van der Waals surface area (Å²) in [5, 5.41) is 16.8. The number of aromatic nitrogens is 2. The fourth-order valence-corrected chi connectivity index (χ4v) is 1.93. The fraction of sp³-hybridized carbons (Fsp3) is 0.545. The van der Waals surface area contributed by atoms with Crippen LogP contribution in [0.15, 0.2) is 0 Å². The highest BCUT2D eigenvalue weighted by Crippen LogP contribution is 2.22. The fourth-order valence-electron chi connectivity index (χ4n) is 1.68. The summed E-state index contributed by atoms with van der Waals surface area (Å²) in [5.41, 5.74) is 7.40. The van der Waals surface area contributed by atoms with Crippen LogP contribution in [-0.2, 0) is 0 Å². The Morgan fingerprint density at radius 1 is 1.42 bits per heavy atom. The van der Waals surface area contributed by atoms with E-state index in [-0.39, 0.29) is 24.0 Å². The van der Waals surface area contributed by atoms with Crippen LogP contribution in [0.5, 0.6) is 0 Å². The summed E-state index contributed by atoms with van der Waals surface area (Å²) in [6, 6.07) is 0. The lowest BCUT2D eigenvalue weighted by molar-refractivity contribution is 0.152. The van der Waals surface area contributed by atoms with Gasteiger partial charge in [0.25, 0.3) is 6.43 Å². The Hall–Kier alpha value is -1.41. The van der Waals surface area contributed by atoms with Crippen LogP contribution in [0, 0.1) is 13.8 Å². The molecule has 0 unspecified atom stereocenters. The third-order valence-corrected chi connectivity index (χ3v) is 2.91. The molecule has 0 saturated heterocycles. The van der Waals surface area contributed by atoms with Crippen molar-refractivity contribution in [3.63, 3.8) is 0 Å². The Labute approximate surface area is 115 Å². The second kappa shape index (κ2) is 6.67. The van der Waals surface area contributed by atoms with Crippen molar-refractivity contribution in [1.29, 1.82) is 0 Å². The molecule has 0 spiro atoms. The van der Waals surface area contributed by atoms with E-state index in [0.29, 0.717) is 16.8 Å². The first-order valence-corrected chi connectivity index (χ1v) is 6.07. The lowest BCUT2D eigenvalue weighted by atomic mass is 10.1. The molecule has 8 heteroatoms. The van der Waals surface area contributed by atoms with Gasteiger partial charge in [0, 0.05) is 6.54 Å². The number of aryl methyl sites for hydroxylation is 1. The number of anilines is 1. The quantitative estimate of drug-likeness (QED) is 0.755. The minimum absolute atomic E-state index is 0.0110. The zero-order valence-corrected chi connectivity index (χ0v) is 11.5. The van der Waals surface area contributed by atoms with Crippen molar-refractivity contribution in [1.82, 2.24) is 10.2 Å². The molecular formula is C11H16F2N4OS. The van der Waals surface area contributed by atoms with Crippen LogP contribution in [-0.4, -0.2) is 46.4 Å². The molecule has 0 aliphatic carbocycles. The number of aliphatic hydroxyl groups excluding tert-OH is 1. The predicted octanol–water partition coefficient (Wildman–Crippen LogP) is 0.791. The van der Waals surface area contributed by atoms with E-state index >= 15 is 0 Å². The zero-order valence-electron chi connectivity index (χ0n) is 10.7. The number of rotatable bonds is 6. The van der Waals surface area contributed by atoms with Crippen LogP contribution in [0.25, 0.3) is 0 Å². The van der Waals surface area contributed by atoms with Gasteiger partial charge >= 0.3 is 0 Å². The van der Waals surface area contributed by atoms with Crippen molar-refractivity contribution in [3.05, 3.63) is 16.8 Å². The molecule has 1 aromatic heterocycles. The molecule has 5 nitrogen and oxygen atoms in total.